The van der Waals surface area contributed by atoms with E-state index >= 15 is 0 Å². The average molecular weight is 489 g/mol. The van der Waals surface area contributed by atoms with Gasteiger partial charge in [0.1, 0.15) is 11.9 Å². The highest BCUT2D eigenvalue weighted by Gasteiger charge is 2.22. The van der Waals surface area contributed by atoms with Crippen LogP contribution in [-0.2, 0) is 13.0 Å². The van der Waals surface area contributed by atoms with Gasteiger partial charge in [-0.05, 0) is 29.8 Å². The number of rotatable bonds is 5. The number of ether oxygens (including phenoxy) is 1. The fraction of sp³-hybridized carbons (Fsp3) is 0.238. The van der Waals surface area contributed by atoms with Crippen LogP contribution in [0.3, 0.4) is 0 Å². The summed E-state index contributed by atoms with van der Waals surface area (Å²) in [4.78, 5) is 4.28. The van der Waals surface area contributed by atoms with Crippen molar-refractivity contribution in [1.82, 2.24) is 20.4 Å². The molecule has 146 valence electrons. The second kappa shape index (κ2) is 9.59. The summed E-state index contributed by atoms with van der Waals surface area (Å²) in [6.07, 6.45) is 3.01. The number of nitrogens with one attached hydrogen (secondary N) is 2. The van der Waals surface area contributed by atoms with E-state index in [1.165, 1.54) is 5.56 Å². The van der Waals surface area contributed by atoms with Crippen LogP contribution in [0.25, 0.3) is 5.69 Å². The van der Waals surface area contributed by atoms with Crippen molar-refractivity contribution >= 4 is 29.9 Å². The third-order valence-electron chi connectivity index (χ3n) is 4.54. The highest BCUT2D eigenvalue weighted by atomic mass is 127. The number of hydrogen-bond donors (Lipinski definition) is 2. The zero-order valence-electron chi connectivity index (χ0n) is 15.7. The van der Waals surface area contributed by atoms with Gasteiger partial charge < -0.3 is 15.4 Å². The van der Waals surface area contributed by atoms with E-state index in [-0.39, 0.29) is 30.1 Å². The molecule has 1 aliphatic rings. The summed E-state index contributed by atoms with van der Waals surface area (Å²) in [6, 6.07) is 20.3. The SMILES string of the molecule is CN=C(NCc1ccn(-c2ccccc2)n1)NCC1Cc2ccccc2O1.I. The van der Waals surface area contributed by atoms with Crippen LogP contribution in [0.4, 0.5) is 0 Å². The van der Waals surface area contributed by atoms with Crippen molar-refractivity contribution in [3.63, 3.8) is 0 Å². The molecule has 1 unspecified atom stereocenters. The highest BCUT2D eigenvalue weighted by molar-refractivity contribution is 14.0. The van der Waals surface area contributed by atoms with Crippen LogP contribution in [0, 0.1) is 0 Å². The van der Waals surface area contributed by atoms with Gasteiger partial charge in [0.05, 0.1) is 24.5 Å². The van der Waals surface area contributed by atoms with Crippen LogP contribution in [0.5, 0.6) is 5.75 Å². The molecule has 6 nitrogen and oxygen atoms in total. The molecule has 0 amide bonds. The maximum absolute atomic E-state index is 5.96. The predicted octanol–water partition coefficient (Wildman–Crippen LogP) is 3.16. The van der Waals surface area contributed by atoms with Crippen LogP contribution < -0.4 is 15.4 Å². The number of hydrogen-bond acceptors (Lipinski definition) is 3. The van der Waals surface area contributed by atoms with Crippen molar-refractivity contribution in [3.8, 4) is 11.4 Å². The van der Waals surface area contributed by atoms with E-state index in [2.05, 4.69) is 26.8 Å². The summed E-state index contributed by atoms with van der Waals surface area (Å²) < 4.78 is 7.83. The van der Waals surface area contributed by atoms with Crippen molar-refractivity contribution in [3.05, 3.63) is 78.1 Å². The summed E-state index contributed by atoms with van der Waals surface area (Å²) >= 11 is 0. The normalized spacial score (nSPS) is 15.3. The molecule has 0 spiro atoms. The number of guanidine groups is 1. The monoisotopic (exact) mass is 489 g/mol. The number of aliphatic imine (C=N–C) groups is 1. The molecule has 0 bridgehead atoms. The molecule has 28 heavy (non-hydrogen) atoms. The maximum Gasteiger partial charge on any atom is 0.191 e. The highest BCUT2D eigenvalue weighted by Crippen LogP contribution is 2.27. The molecule has 2 aromatic carbocycles. The number of aromatic nitrogens is 2. The Kier molecular flexibility index (Phi) is 6.91. The Hall–Kier alpha value is -2.55. The summed E-state index contributed by atoms with van der Waals surface area (Å²) in [5.74, 6) is 1.72. The van der Waals surface area contributed by atoms with Gasteiger partial charge >= 0.3 is 0 Å². The fourth-order valence-corrected chi connectivity index (χ4v) is 3.15. The lowest BCUT2D eigenvalue weighted by Gasteiger charge is -2.15. The second-order valence-electron chi connectivity index (χ2n) is 6.45. The molecule has 3 aromatic rings. The summed E-state index contributed by atoms with van der Waals surface area (Å²) in [6.45, 7) is 1.30. The van der Waals surface area contributed by atoms with Crippen molar-refractivity contribution in [1.29, 1.82) is 0 Å². The molecule has 4 rings (SSSR count). The molecule has 2 N–H and O–H groups in total. The third kappa shape index (κ3) is 4.83. The Morgan fingerprint density at radius 2 is 1.89 bits per heavy atom. The molecule has 1 aromatic heterocycles. The number of nitrogens with zero attached hydrogens (tertiary/aromatic N) is 3. The first-order valence-corrected chi connectivity index (χ1v) is 9.11. The van der Waals surface area contributed by atoms with Gasteiger partial charge in [-0.25, -0.2) is 4.68 Å². The van der Waals surface area contributed by atoms with Gasteiger partial charge in [0.2, 0.25) is 0 Å². The van der Waals surface area contributed by atoms with Crippen LogP contribution >= 0.6 is 24.0 Å². The van der Waals surface area contributed by atoms with Crippen LogP contribution in [0.15, 0.2) is 71.9 Å². The molecule has 0 fully saturated rings. The second-order valence-corrected chi connectivity index (χ2v) is 6.45. The zero-order valence-corrected chi connectivity index (χ0v) is 18.0. The van der Waals surface area contributed by atoms with Gasteiger partial charge in [0.15, 0.2) is 5.96 Å². The lowest BCUT2D eigenvalue weighted by Crippen LogP contribution is -2.42. The van der Waals surface area contributed by atoms with E-state index in [1.54, 1.807) is 7.05 Å². The third-order valence-corrected chi connectivity index (χ3v) is 4.54. The van der Waals surface area contributed by atoms with Gasteiger partial charge in [-0.1, -0.05) is 36.4 Å². The van der Waals surface area contributed by atoms with E-state index in [0.717, 1.165) is 29.5 Å². The van der Waals surface area contributed by atoms with Gasteiger partial charge in [0, 0.05) is 19.7 Å². The van der Waals surface area contributed by atoms with E-state index in [0.29, 0.717) is 13.1 Å². The maximum atomic E-state index is 5.96. The minimum absolute atomic E-state index is 0. The Morgan fingerprint density at radius 1 is 1.11 bits per heavy atom. The summed E-state index contributed by atoms with van der Waals surface area (Å²) in [5.41, 5.74) is 3.26. The first-order valence-electron chi connectivity index (χ1n) is 9.11. The lowest BCUT2D eigenvalue weighted by molar-refractivity contribution is 0.235. The minimum atomic E-state index is 0. The summed E-state index contributed by atoms with van der Waals surface area (Å²) in [5, 5.41) is 11.2. The van der Waals surface area contributed by atoms with Crippen LogP contribution in [0.1, 0.15) is 11.3 Å². The largest absolute Gasteiger partial charge is 0.488 e. The molecule has 7 heteroatoms. The number of fused-ring (bicyclic) bond motifs is 1. The molecule has 2 heterocycles. The van der Waals surface area contributed by atoms with E-state index < -0.39 is 0 Å². The molecular formula is C21H24IN5O. The zero-order chi connectivity index (χ0) is 18.5. The first kappa shape index (κ1) is 20.2. The van der Waals surface area contributed by atoms with Gasteiger partial charge in [-0.15, -0.1) is 24.0 Å². The Labute approximate surface area is 182 Å². The molecule has 1 atom stereocenters. The van der Waals surface area contributed by atoms with Crippen LogP contribution in [-0.4, -0.2) is 35.4 Å². The van der Waals surface area contributed by atoms with Gasteiger partial charge in [0.25, 0.3) is 0 Å². The Bertz CT molecular complexity index is 900. The van der Waals surface area contributed by atoms with Crippen molar-refractivity contribution in [2.45, 2.75) is 19.1 Å². The van der Waals surface area contributed by atoms with E-state index in [4.69, 9.17) is 4.74 Å². The smallest absolute Gasteiger partial charge is 0.191 e. The van der Waals surface area contributed by atoms with Crippen molar-refractivity contribution in [2.24, 2.45) is 4.99 Å². The number of para-hydroxylation sites is 2. The Morgan fingerprint density at radius 3 is 2.68 bits per heavy atom. The fourth-order valence-electron chi connectivity index (χ4n) is 3.15. The van der Waals surface area contributed by atoms with Gasteiger partial charge in [-0.3, -0.25) is 4.99 Å². The molecule has 0 aliphatic carbocycles. The molecule has 0 radical (unpaired) electrons. The van der Waals surface area contributed by atoms with Crippen LogP contribution in [0.2, 0.25) is 0 Å². The topological polar surface area (TPSA) is 63.5 Å². The predicted molar refractivity (Wildman–Crippen MR) is 122 cm³/mol. The van der Waals surface area contributed by atoms with Crippen molar-refractivity contribution in [2.75, 3.05) is 13.6 Å². The Balaban J connectivity index is 0.00000225. The standard InChI is InChI=1S/C21H23N5O.HI/c1-22-21(24-15-19-13-16-7-5-6-10-20(16)27-19)23-14-17-11-12-26(25-17)18-8-3-2-4-9-18;/h2-12,19H,13-15H2,1H3,(H2,22,23,24);1H. The minimum Gasteiger partial charge on any atom is -0.488 e. The average Bonchev–Trinajstić information content (AvgIpc) is 3.35. The summed E-state index contributed by atoms with van der Waals surface area (Å²) in [7, 11) is 1.77. The lowest BCUT2D eigenvalue weighted by atomic mass is 10.1. The van der Waals surface area contributed by atoms with E-state index in [1.807, 2.05) is 65.5 Å². The first-order chi connectivity index (χ1) is 13.3. The van der Waals surface area contributed by atoms with Gasteiger partial charge in [-0.2, -0.15) is 5.10 Å². The molecular weight excluding hydrogens is 465 g/mol. The molecule has 0 saturated heterocycles. The number of halogens is 1. The quantitative estimate of drug-likeness (QED) is 0.329. The molecule has 0 saturated carbocycles. The number of benzene rings is 2. The molecule has 1 aliphatic heterocycles. The van der Waals surface area contributed by atoms with Crippen molar-refractivity contribution < 1.29 is 4.74 Å². The van der Waals surface area contributed by atoms with E-state index in [9.17, 15) is 0 Å².